The summed E-state index contributed by atoms with van der Waals surface area (Å²) in [5, 5.41) is 11.8. The van der Waals surface area contributed by atoms with Crippen LogP contribution in [-0.4, -0.2) is 46.4 Å². The normalized spacial score (nSPS) is 17.4. The van der Waals surface area contributed by atoms with E-state index in [-0.39, 0.29) is 28.9 Å². The van der Waals surface area contributed by atoms with Crippen LogP contribution in [0.3, 0.4) is 0 Å². The number of hydrogen-bond acceptors (Lipinski definition) is 7. The molecule has 0 N–H and O–H groups in total. The quantitative estimate of drug-likeness (QED) is 0.517. The first kappa shape index (κ1) is 20.7. The van der Waals surface area contributed by atoms with Crippen molar-refractivity contribution in [3.63, 3.8) is 0 Å². The Balaban J connectivity index is 1.90. The number of nitro benzene ring substituents is 1. The Morgan fingerprint density at radius 2 is 2.03 bits per heavy atom. The SMILES string of the molecule is CCOc1ccc(N=C2SC[C@H](C)N2C(=O)c2ccc(OC)c([N+](=O)[O-])c2)cc1. The van der Waals surface area contributed by atoms with Crippen LogP contribution in [0.1, 0.15) is 24.2 Å². The lowest BCUT2D eigenvalue weighted by Gasteiger charge is -2.21. The van der Waals surface area contributed by atoms with Gasteiger partial charge in [0.2, 0.25) is 0 Å². The maximum atomic E-state index is 13.1. The molecule has 1 fully saturated rings. The predicted octanol–water partition coefficient (Wildman–Crippen LogP) is 4.27. The Morgan fingerprint density at radius 3 is 2.66 bits per heavy atom. The highest BCUT2D eigenvalue weighted by Gasteiger charge is 2.34. The maximum absolute atomic E-state index is 13.1. The average Bonchev–Trinajstić information content (AvgIpc) is 3.08. The fourth-order valence-electron chi connectivity index (χ4n) is 2.90. The number of amidine groups is 1. The lowest BCUT2D eigenvalue weighted by Crippen LogP contribution is -2.37. The van der Waals surface area contributed by atoms with Crippen LogP contribution in [0.5, 0.6) is 11.5 Å². The molecule has 2 aromatic carbocycles. The summed E-state index contributed by atoms with van der Waals surface area (Å²) in [5.74, 6) is 1.22. The number of carbonyl (C=O) groups excluding carboxylic acids is 1. The molecule has 0 spiro atoms. The minimum Gasteiger partial charge on any atom is -0.494 e. The van der Waals surface area contributed by atoms with Gasteiger partial charge in [0.15, 0.2) is 10.9 Å². The molecule has 0 aromatic heterocycles. The van der Waals surface area contributed by atoms with E-state index in [0.717, 1.165) is 5.75 Å². The van der Waals surface area contributed by atoms with Crippen molar-refractivity contribution in [3.05, 3.63) is 58.1 Å². The summed E-state index contributed by atoms with van der Waals surface area (Å²) in [6, 6.07) is 11.4. The van der Waals surface area contributed by atoms with E-state index in [1.807, 2.05) is 38.1 Å². The Morgan fingerprint density at radius 1 is 1.31 bits per heavy atom. The maximum Gasteiger partial charge on any atom is 0.311 e. The topological polar surface area (TPSA) is 94.3 Å². The Hall–Kier alpha value is -3.07. The number of nitrogens with zero attached hydrogens (tertiary/aromatic N) is 3. The smallest absolute Gasteiger partial charge is 0.311 e. The monoisotopic (exact) mass is 415 g/mol. The summed E-state index contributed by atoms with van der Waals surface area (Å²) < 4.78 is 10.4. The van der Waals surface area contributed by atoms with Gasteiger partial charge in [-0.1, -0.05) is 11.8 Å². The van der Waals surface area contributed by atoms with E-state index < -0.39 is 4.92 Å². The first-order chi connectivity index (χ1) is 13.9. The number of ether oxygens (including phenoxy) is 2. The zero-order valence-electron chi connectivity index (χ0n) is 16.3. The van der Waals surface area contributed by atoms with Gasteiger partial charge in [0.25, 0.3) is 5.91 Å². The van der Waals surface area contributed by atoms with E-state index in [2.05, 4.69) is 4.99 Å². The number of hydrogen-bond donors (Lipinski definition) is 0. The molecule has 0 saturated carbocycles. The van der Waals surface area contributed by atoms with Gasteiger partial charge in [-0.25, -0.2) is 4.99 Å². The number of aliphatic imine (C=N–C) groups is 1. The zero-order valence-corrected chi connectivity index (χ0v) is 17.1. The third kappa shape index (κ3) is 4.51. The van der Waals surface area contributed by atoms with Gasteiger partial charge in [0.1, 0.15) is 5.75 Å². The van der Waals surface area contributed by atoms with E-state index in [9.17, 15) is 14.9 Å². The van der Waals surface area contributed by atoms with Gasteiger partial charge in [-0.2, -0.15) is 0 Å². The van der Waals surface area contributed by atoms with Crippen LogP contribution < -0.4 is 9.47 Å². The summed E-state index contributed by atoms with van der Waals surface area (Å²) in [4.78, 5) is 30.0. The zero-order chi connectivity index (χ0) is 21.0. The van der Waals surface area contributed by atoms with Gasteiger partial charge in [0.05, 0.1) is 24.3 Å². The number of nitro groups is 1. The summed E-state index contributed by atoms with van der Waals surface area (Å²) in [6.45, 7) is 4.42. The van der Waals surface area contributed by atoms with Crippen molar-refractivity contribution >= 4 is 34.2 Å². The second-order valence-corrected chi connectivity index (χ2v) is 7.29. The summed E-state index contributed by atoms with van der Waals surface area (Å²) in [7, 11) is 1.35. The molecular weight excluding hydrogens is 394 g/mol. The second-order valence-electron chi connectivity index (χ2n) is 6.30. The van der Waals surface area contributed by atoms with Gasteiger partial charge in [-0.3, -0.25) is 19.8 Å². The lowest BCUT2D eigenvalue weighted by atomic mass is 10.1. The molecule has 0 aliphatic carbocycles. The summed E-state index contributed by atoms with van der Waals surface area (Å²) >= 11 is 1.47. The molecule has 1 aliphatic rings. The number of carbonyl (C=O) groups is 1. The van der Waals surface area contributed by atoms with Crippen LogP contribution >= 0.6 is 11.8 Å². The summed E-state index contributed by atoms with van der Waals surface area (Å²) in [5.41, 5.74) is 0.665. The standard InChI is InChI=1S/C20H21N3O5S/c1-4-28-16-8-6-15(7-9-16)21-20-22(13(2)12-29-20)19(24)14-5-10-18(27-3)17(11-14)23(25)26/h5-11,13H,4,12H2,1-3H3/t13-/m0/s1. The van der Waals surface area contributed by atoms with E-state index >= 15 is 0 Å². The number of thioether (sulfide) groups is 1. The van der Waals surface area contributed by atoms with Gasteiger partial charge >= 0.3 is 5.69 Å². The van der Waals surface area contributed by atoms with Crippen molar-refractivity contribution in [1.82, 2.24) is 4.90 Å². The molecule has 1 aliphatic heterocycles. The molecule has 3 rings (SSSR count). The highest BCUT2D eigenvalue weighted by Crippen LogP contribution is 2.32. The third-order valence-electron chi connectivity index (χ3n) is 4.31. The molecule has 0 unspecified atom stereocenters. The van der Waals surface area contributed by atoms with Gasteiger partial charge < -0.3 is 9.47 Å². The third-order valence-corrected chi connectivity index (χ3v) is 5.51. The molecule has 0 radical (unpaired) electrons. The van der Waals surface area contributed by atoms with Crippen molar-refractivity contribution in [1.29, 1.82) is 0 Å². The fraction of sp³-hybridized carbons (Fsp3) is 0.300. The fourth-order valence-corrected chi connectivity index (χ4v) is 4.01. The Bertz CT molecular complexity index is 946. The predicted molar refractivity (Wildman–Crippen MR) is 112 cm³/mol. The highest BCUT2D eigenvalue weighted by molar-refractivity contribution is 8.14. The van der Waals surface area contributed by atoms with Crippen molar-refractivity contribution in [3.8, 4) is 11.5 Å². The highest BCUT2D eigenvalue weighted by atomic mass is 32.2. The van der Waals surface area contributed by atoms with Crippen LogP contribution in [0.4, 0.5) is 11.4 Å². The van der Waals surface area contributed by atoms with E-state index in [0.29, 0.717) is 23.2 Å². The van der Waals surface area contributed by atoms with Gasteiger partial charge in [0, 0.05) is 23.4 Å². The largest absolute Gasteiger partial charge is 0.494 e. The average molecular weight is 415 g/mol. The first-order valence-corrected chi connectivity index (χ1v) is 10.0. The molecule has 8 nitrogen and oxygen atoms in total. The molecule has 1 heterocycles. The molecule has 1 saturated heterocycles. The Kier molecular flexibility index (Phi) is 6.38. The molecule has 29 heavy (non-hydrogen) atoms. The van der Waals surface area contributed by atoms with Crippen LogP contribution in [-0.2, 0) is 0 Å². The van der Waals surface area contributed by atoms with Crippen molar-refractivity contribution in [2.75, 3.05) is 19.5 Å². The number of rotatable bonds is 6. The molecule has 1 amide bonds. The van der Waals surface area contributed by atoms with Crippen LogP contribution in [0.2, 0.25) is 0 Å². The lowest BCUT2D eigenvalue weighted by molar-refractivity contribution is -0.385. The van der Waals surface area contributed by atoms with E-state index in [1.165, 1.54) is 37.1 Å². The first-order valence-electron chi connectivity index (χ1n) is 9.05. The van der Waals surface area contributed by atoms with E-state index in [1.54, 1.807) is 4.90 Å². The number of methoxy groups -OCH3 is 1. The molecule has 1 atom stereocenters. The van der Waals surface area contributed by atoms with Gasteiger partial charge in [-0.15, -0.1) is 0 Å². The minimum atomic E-state index is -0.563. The Labute approximate surface area is 172 Å². The molecule has 2 aromatic rings. The molecule has 152 valence electrons. The molecule has 0 bridgehead atoms. The number of amides is 1. The van der Waals surface area contributed by atoms with E-state index in [4.69, 9.17) is 9.47 Å². The summed E-state index contributed by atoms with van der Waals surface area (Å²) in [6.07, 6.45) is 0. The van der Waals surface area contributed by atoms with Crippen molar-refractivity contribution in [2.24, 2.45) is 4.99 Å². The molecular formula is C20H21N3O5S. The van der Waals surface area contributed by atoms with Crippen LogP contribution in [0.15, 0.2) is 47.5 Å². The molecule has 9 heteroatoms. The second kappa shape index (κ2) is 8.95. The van der Waals surface area contributed by atoms with Crippen molar-refractivity contribution < 1.29 is 19.2 Å². The van der Waals surface area contributed by atoms with Gasteiger partial charge in [-0.05, 0) is 50.2 Å². The minimum absolute atomic E-state index is 0.0879. The van der Waals surface area contributed by atoms with Crippen LogP contribution in [0.25, 0.3) is 0 Å². The van der Waals surface area contributed by atoms with Crippen molar-refractivity contribution in [2.45, 2.75) is 19.9 Å². The number of benzene rings is 2. The van der Waals surface area contributed by atoms with Crippen LogP contribution in [0, 0.1) is 10.1 Å².